The van der Waals surface area contributed by atoms with Gasteiger partial charge in [-0.1, -0.05) is 28.9 Å². The summed E-state index contributed by atoms with van der Waals surface area (Å²) >= 11 is 0. The smallest absolute Gasteiger partial charge is 0.352 e. The second-order valence-corrected chi connectivity index (χ2v) is 8.95. The standard InChI is InChI=1S/C16H30O8P2/c1-13(2)8-6-9-14(3)10-7-11-15(4)12-16(22-5)23-26(20,21)24-25(17,18)19/h8,10,12,16H,6-7,9,11H2,1-5H3,(H,20,21)(H2,17,18,19). The molecule has 2 unspecified atom stereocenters. The van der Waals surface area contributed by atoms with Crippen LogP contribution in [-0.2, 0) is 22.7 Å². The van der Waals surface area contributed by atoms with Gasteiger partial charge in [0, 0.05) is 7.11 Å². The lowest BCUT2D eigenvalue weighted by Gasteiger charge is -2.17. The van der Waals surface area contributed by atoms with Crippen molar-refractivity contribution in [1.29, 1.82) is 0 Å². The van der Waals surface area contributed by atoms with Gasteiger partial charge in [0.2, 0.25) is 0 Å². The van der Waals surface area contributed by atoms with E-state index in [1.165, 1.54) is 24.3 Å². The second kappa shape index (κ2) is 12.0. The fourth-order valence-electron chi connectivity index (χ4n) is 1.98. The Hall–Kier alpha value is -0.560. The molecule has 0 aliphatic carbocycles. The quantitative estimate of drug-likeness (QED) is 0.241. The molecule has 0 bridgehead atoms. The third kappa shape index (κ3) is 14.6. The molecule has 3 N–H and O–H groups in total. The van der Waals surface area contributed by atoms with E-state index in [4.69, 9.17) is 14.5 Å². The predicted octanol–water partition coefficient (Wildman–Crippen LogP) is 4.60. The van der Waals surface area contributed by atoms with Crippen molar-refractivity contribution in [1.82, 2.24) is 0 Å². The van der Waals surface area contributed by atoms with Crippen LogP contribution < -0.4 is 0 Å². The van der Waals surface area contributed by atoms with E-state index in [0.29, 0.717) is 6.42 Å². The Balaban J connectivity index is 4.59. The summed E-state index contributed by atoms with van der Waals surface area (Å²) in [5.74, 6) is 0. The number of hydrogen-bond acceptors (Lipinski definition) is 5. The highest BCUT2D eigenvalue weighted by Gasteiger charge is 2.34. The fraction of sp³-hybridized carbons (Fsp3) is 0.625. The molecule has 0 aromatic rings. The van der Waals surface area contributed by atoms with Crippen LogP contribution in [0.3, 0.4) is 0 Å². The summed E-state index contributed by atoms with van der Waals surface area (Å²) in [5.41, 5.74) is 3.41. The Morgan fingerprint density at radius 3 is 2.00 bits per heavy atom. The molecule has 0 aliphatic rings. The molecule has 0 heterocycles. The zero-order valence-electron chi connectivity index (χ0n) is 15.9. The van der Waals surface area contributed by atoms with E-state index in [0.717, 1.165) is 24.8 Å². The normalized spacial score (nSPS) is 16.9. The SMILES string of the molecule is COC(C=C(C)CCC=C(C)CCC=C(C)C)OP(=O)(O)OP(=O)(O)O. The molecule has 0 aromatic carbocycles. The van der Waals surface area contributed by atoms with E-state index in [2.05, 4.69) is 41.8 Å². The average Bonchev–Trinajstić information content (AvgIpc) is 2.43. The average molecular weight is 412 g/mol. The molecule has 8 nitrogen and oxygen atoms in total. The summed E-state index contributed by atoms with van der Waals surface area (Å²) in [5, 5.41) is 0. The van der Waals surface area contributed by atoms with Crippen molar-refractivity contribution in [3.63, 3.8) is 0 Å². The Morgan fingerprint density at radius 2 is 1.50 bits per heavy atom. The van der Waals surface area contributed by atoms with Crippen LogP contribution in [0.2, 0.25) is 0 Å². The molecule has 0 spiro atoms. The van der Waals surface area contributed by atoms with Gasteiger partial charge in [0.25, 0.3) is 0 Å². The van der Waals surface area contributed by atoms with Gasteiger partial charge in [0.15, 0.2) is 6.29 Å². The second-order valence-electron chi connectivity index (χ2n) is 6.17. The van der Waals surface area contributed by atoms with E-state index in [1.54, 1.807) is 6.92 Å². The Morgan fingerprint density at radius 1 is 0.962 bits per heavy atom. The van der Waals surface area contributed by atoms with Gasteiger partial charge < -0.3 is 19.4 Å². The first kappa shape index (κ1) is 25.4. The minimum atomic E-state index is -5.16. The van der Waals surface area contributed by atoms with Gasteiger partial charge >= 0.3 is 15.6 Å². The van der Waals surface area contributed by atoms with Crippen molar-refractivity contribution >= 4 is 15.6 Å². The van der Waals surface area contributed by atoms with Crippen LogP contribution in [0.15, 0.2) is 34.9 Å². The van der Waals surface area contributed by atoms with Crippen LogP contribution in [0.25, 0.3) is 0 Å². The van der Waals surface area contributed by atoms with E-state index in [1.807, 2.05) is 0 Å². The van der Waals surface area contributed by atoms with Crippen molar-refractivity contribution < 1.29 is 37.4 Å². The van der Waals surface area contributed by atoms with Crippen LogP contribution >= 0.6 is 15.6 Å². The summed E-state index contributed by atoms with van der Waals surface area (Å²) in [6.07, 6.45) is 7.98. The van der Waals surface area contributed by atoms with Crippen molar-refractivity contribution in [3.05, 3.63) is 34.9 Å². The molecule has 0 fully saturated rings. The maximum atomic E-state index is 11.5. The molecule has 0 aromatic heterocycles. The van der Waals surface area contributed by atoms with Crippen molar-refractivity contribution in [2.75, 3.05) is 7.11 Å². The summed E-state index contributed by atoms with van der Waals surface area (Å²) in [4.78, 5) is 26.5. The molecule has 0 saturated heterocycles. The number of hydrogen-bond donors (Lipinski definition) is 3. The first-order valence-electron chi connectivity index (χ1n) is 8.12. The number of phosphoric ester groups is 1. The number of phosphoric acid groups is 2. The maximum Gasteiger partial charge on any atom is 0.483 e. The monoisotopic (exact) mass is 412 g/mol. The lowest BCUT2D eigenvalue weighted by Crippen LogP contribution is -2.12. The van der Waals surface area contributed by atoms with Crippen LogP contribution in [0.4, 0.5) is 0 Å². The molecule has 0 rings (SSSR count). The number of rotatable bonds is 12. The minimum Gasteiger partial charge on any atom is -0.352 e. The third-order valence-corrected chi connectivity index (χ3v) is 5.37. The van der Waals surface area contributed by atoms with Crippen LogP contribution in [0.5, 0.6) is 0 Å². The summed E-state index contributed by atoms with van der Waals surface area (Å²) in [6.45, 7) is 8.00. The van der Waals surface area contributed by atoms with Crippen LogP contribution in [0, 0.1) is 0 Å². The molecule has 0 aliphatic heterocycles. The van der Waals surface area contributed by atoms with Gasteiger partial charge in [-0.2, -0.15) is 4.31 Å². The highest BCUT2D eigenvalue weighted by atomic mass is 31.3. The van der Waals surface area contributed by atoms with Crippen molar-refractivity contribution in [3.8, 4) is 0 Å². The summed E-state index contributed by atoms with van der Waals surface area (Å²) in [7, 11) is -8.88. The Labute approximate surface area is 155 Å². The van der Waals surface area contributed by atoms with Gasteiger partial charge in [0.05, 0.1) is 0 Å². The summed E-state index contributed by atoms with van der Waals surface area (Å²) < 4.78 is 35.4. The topological polar surface area (TPSA) is 123 Å². The van der Waals surface area contributed by atoms with Crippen molar-refractivity contribution in [2.24, 2.45) is 0 Å². The van der Waals surface area contributed by atoms with Gasteiger partial charge in [-0.15, -0.1) is 0 Å². The minimum absolute atomic E-state index is 0.679. The predicted molar refractivity (Wildman–Crippen MR) is 100 cm³/mol. The Kier molecular flexibility index (Phi) is 11.7. The number of methoxy groups -OCH3 is 1. The van der Waals surface area contributed by atoms with E-state index in [-0.39, 0.29) is 0 Å². The van der Waals surface area contributed by atoms with E-state index < -0.39 is 21.9 Å². The lowest BCUT2D eigenvalue weighted by atomic mass is 10.1. The highest BCUT2D eigenvalue weighted by Crippen LogP contribution is 2.58. The molecule has 0 radical (unpaired) electrons. The molecular weight excluding hydrogens is 382 g/mol. The number of ether oxygens (including phenoxy) is 1. The van der Waals surface area contributed by atoms with Crippen LogP contribution in [0.1, 0.15) is 53.4 Å². The Bertz CT molecular complexity index is 614. The molecule has 10 heteroatoms. The molecule has 0 amide bonds. The largest absolute Gasteiger partial charge is 0.483 e. The van der Waals surface area contributed by atoms with Crippen molar-refractivity contribution in [2.45, 2.75) is 59.7 Å². The lowest BCUT2D eigenvalue weighted by molar-refractivity contribution is -0.0332. The summed E-state index contributed by atoms with van der Waals surface area (Å²) in [6, 6.07) is 0. The zero-order chi connectivity index (χ0) is 20.4. The van der Waals surface area contributed by atoms with E-state index >= 15 is 0 Å². The first-order chi connectivity index (χ1) is 11.8. The molecule has 2 atom stereocenters. The van der Waals surface area contributed by atoms with Crippen LogP contribution in [-0.4, -0.2) is 28.1 Å². The molecular formula is C16H30O8P2. The highest BCUT2D eigenvalue weighted by molar-refractivity contribution is 7.60. The number of allylic oxidation sites excluding steroid dienone is 5. The third-order valence-electron chi connectivity index (χ3n) is 3.22. The van der Waals surface area contributed by atoms with Gasteiger partial charge in [-0.3, -0.25) is 4.52 Å². The molecule has 152 valence electrons. The molecule has 26 heavy (non-hydrogen) atoms. The first-order valence-corrected chi connectivity index (χ1v) is 11.1. The maximum absolute atomic E-state index is 11.5. The molecule has 0 saturated carbocycles. The van der Waals surface area contributed by atoms with E-state index in [9.17, 15) is 14.0 Å². The van der Waals surface area contributed by atoms with Gasteiger partial charge in [0.1, 0.15) is 0 Å². The van der Waals surface area contributed by atoms with Gasteiger partial charge in [-0.05, 0) is 59.5 Å². The van der Waals surface area contributed by atoms with Gasteiger partial charge in [-0.25, -0.2) is 9.13 Å². The fourth-order valence-corrected chi connectivity index (χ4v) is 3.62. The zero-order valence-corrected chi connectivity index (χ0v) is 17.7.